The summed E-state index contributed by atoms with van der Waals surface area (Å²) in [4.78, 5) is 0.0908. The topological polar surface area (TPSA) is 96.0 Å². The predicted octanol–water partition coefficient (Wildman–Crippen LogP) is 2.27. The Kier molecular flexibility index (Phi) is 4.48. The van der Waals surface area contributed by atoms with E-state index in [4.69, 9.17) is 22.6 Å². The summed E-state index contributed by atoms with van der Waals surface area (Å²) in [6.07, 6.45) is 0. The monoisotopic (exact) mass is 321 g/mol. The standard InChI is InChI=1S/C14H12ClN3O2S/c15-14-7-12(17)4-3-11(14)9-18-21(19,20)13-5-1-10(8-16)2-6-13/h1-7,18H,9,17H2. The molecule has 0 spiro atoms. The molecule has 0 aliphatic heterocycles. The molecular formula is C14H12ClN3O2S. The molecule has 108 valence electrons. The van der Waals surface area contributed by atoms with E-state index < -0.39 is 10.0 Å². The maximum Gasteiger partial charge on any atom is 0.240 e. The zero-order valence-electron chi connectivity index (χ0n) is 10.9. The van der Waals surface area contributed by atoms with Gasteiger partial charge < -0.3 is 5.73 Å². The molecule has 0 aliphatic carbocycles. The molecule has 0 saturated carbocycles. The van der Waals surface area contributed by atoms with Gasteiger partial charge in [-0.25, -0.2) is 13.1 Å². The van der Waals surface area contributed by atoms with Crippen LogP contribution in [0.4, 0.5) is 5.69 Å². The largest absolute Gasteiger partial charge is 0.399 e. The van der Waals surface area contributed by atoms with Gasteiger partial charge in [-0.3, -0.25) is 0 Å². The van der Waals surface area contributed by atoms with Crippen LogP contribution in [-0.2, 0) is 16.6 Å². The number of anilines is 1. The predicted molar refractivity (Wildman–Crippen MR) is 81.0 cm³/mol. The van der Waals surface area contributed by atoms with Gasteiger partial charge in [0.15, 0.2) is 0 Å². The van der Waals surface area contributed by atoms with Crippen LogP contribution in [0.5, 0.6) is 0 Å². The Morgan fingerprint density at radius 3 is 2.43 bits per heavy atom. The molecular weight excluding hydrogens is 310 g/mol. The Morgan fingerprint density at radius 2 is 1.86 bits per heavy atom. The van der Waals surface area contributed by atoms with E-state index in [1.54, 1.807) is 18.2 Å². The quantitative estimate of drug-likeness (QED) is 0.844. The van der Waals surface area contributed by atoms with Crippen LogP contribution in [0.25, 0.3) is 0 Å². The third-order valence-electron chi connectivity index (χ3n) is 2.82. The van der Waals surface area contributed by atoms with E-state index in [2.05, 4.69) is 4.72 Å². The van der Waals surface area contributed by atoms with E-state index in [1.807, 2.05) is 6.07 Å². The van der Waals surface area contributed by atoms with E-state index >= 15 is 0 Å². The van der Waals surface area contributed by atoms with Gasteiger partial charge in [0.1, 0.15) is 0 Å². The normalized spacial score (nSPS) is 11.0. The summed E-state index contributed by atoms with van der Waals surface area (Å²) < 4.78 is 26.7. The van der Waals surface area contributed by atoms with Crippen LogP contribution in [0.2, 0.25) is 5.02 Å². The minimum absolute atomic E-state index is 0.0570. The van der Waals surface area contributed by atoms with Crippen molar-refractivity contribution in [3.63, 3.8) is 0 Å². The first-order chi connectivity index (χ1) is 9.92. The van der Waals surface area contributed by atoms with Gasteiger partial charge in [0.25, 0.3) is 0 Å². The highest BCUT2D eigenvalue weighted by molar-refractivity contribution is 7.89. The molecule has 0 atom stereocenters. The molecule has 0 aromatic heterocycles. The van der Waals surface area contributed by atoms with Crippen molar-refractivity contribution in [3.8, 4) is 6.07 Å². The van der Waals surface area contributed by atoms with Crippen molar-refractivity contribution in [1.29, 1.82) is 5.26 Å². The molecule has 0 saturated heterocycles. The summed E-state index contributed by atoms with van der Waals surface area (Å²) in [6, 6.07) is 12.5. The van der Waals surface area contributed by atoms with Crippen molar-refractivity contribution >= 4 is 27.3 Å². The highest BCUT2D eigenvalue weighted by atomic mass is 35.5. The van der Waals surface area contributed by atoms with Gasteiger partial charge in [-0.1, -0.05) is 17.7 Å². The fourth-order valence-electron chi connectivity index (χ4n) is 1.67. The number of sulfonamides is 1. The number of nitrogen functional groups attached to an aromatic ring is 1. The molecule has 5 nitrogen and oxygen atoms in total. The van der Waals surface area contributed by atoms with Gasteiger partial charge in [0.2, 0.25) is 10.0 Å². The van der Waals surface area contributed by atoms with Gasteiger partial charge in [-0.05, 0) is 42.0 Å². The molecule has 0 bridgehead atoms. The summed E-state index contributed by atoms with van der Waals surface area (Å²) in [5, 5.41) is 9.10. The second-order valence-electron chi connectivity index (χ2n) is 4.31. The second-order valence-corrected chi connectivity index (χ2v) is 6.49. The fourth-order valence-corrected chi connectivity index (χ4v) is 2.93. The first-order valence-corrected chi connectivity index (χ1v) is 7.82. The minimum Gasteiger partial charge on any atom is -0.399 e. The van der Waals surface area contributed by atoms with E-state index in [0.717, 1.165) is 0 Å². The summed E-state index contributed by atoms with van der Waals surface area (Å²) >= 11 is 5.99. The summed E-state index contributed by atoms with van der Waals surface area (Å²) in [5.41, 5.74) is 7.12. The van der Waals surface area contributed by atoms with Crippen LogP contribution in [-0.4, -0.2) is 8.42 Å². The number of rotatable bonds is 4. The third kappa shape index (κ3) is 3.73. The molecule has 21 heavy (non-hydrogen) atoms. The zero-order valence-corrected chi connectivity index (χ0v) is 12.4. The maximum absolute atomic E-state index is 12.1. The van der Waals surface area contributed by atoms with E-state index in [-0.39, 0.29) is 11.4 Å². The van der Waals surface area contributed by atoms with Crippen LogP contribution >= 0.6 is 11.6 Å². The molecule has 0 unspecified atom stereocenters. The third-order valence-corrected chi connectivity index (χ3v) is 4.59. The minimum atomic E-state index is -3.66. The first-order valence-electron chi connectivity index (χ1n) is 5.96. The number of nitrogens with zero attached hydrogens (tertiary/aromatic N) is 1. The Labute approximate surface area is 128 Å². The molecule has 2 rings (SSSR count). The van der Waals surface area contributed by atoms with Crippen molar-refractivity contribution in [2.45, 2.75) is 11.4 Å². The fraction of sp³-hybridized carbons (Fsp3) is 0.0714. The Balaban J connectivity index is 2.15. The maximum atomic E-state index is 12.1. The molecule has 0 radical (unpaired) electrons. The van der Waals surface area contributed by atoms with E-state index in [9.17, 15) is 8.42 Å². The number of nitriles is 1. The van der Waals surface area contributed by atoms with Crippen molar-refractivity contribution in [1.82, 2.24) is 4.72 Å². The van der Waals surface area contributed by atoms with Crippen LogP contribution < -0.4 is 10.5 Å². The van der Waals surface area contributed by atoms with Crippen LogP contribution in [0, 0.1) is 11.3 Å². The van der Waals surface area contributed by atoms with Crippen LogP contribution in [0.3, 0.4) is 0 Å². The Bertz CT molecular complexity index is 796. The lowest BCUT2D eigenvalue weighted by molar-refractivity contribution is 0.581. The summed E-state index contributed by atoms with van der Waals surface area (Å²) in [7, 11) is -3.66. The van der Waals surface area contributed by atoms with Gasteiger partial charge in [0.05, 0.1) is 16.5 Å². The molecule has 0 fully saturated rings. The number of halogens is 1. The van der Waals surface area contributed by atoms with Crippen molar-refractivity contribution in [2.75, 3.05) is 5.73 Å². The molecule has 0 aliphatic rings. The Hall–Kier alpha value is -2.07. The zero-order chi connectivity index (χ0) is 15.5. The van der Waals surface area contributed by atoms with Crippen LogP contribution in [0.15, 0.2) is 47.4 Å². The van der Waals surface area contributed by atoms with Gasteiger partial charge in [-0.2, -0.15) is 5.26 Å². The average molecular weight is 322 g/mol. The van der Waals surface area contributed by atoms with Crippen molar-refractivity contribution in [3.05, 3.63) is 58.6 Å². The molecule has 2 aromatic carbocycles. The number of nitrogens with one attached hydrogen (secondary N) is 1. The van der Waals surface area contributed by atoms with Crippen LogP contribution in [0.1, 0.15) is 11.1 Å². The second kappa shape index (κ2) is 6.14. The van der Waals surface area contributed by atoms with Gasteiger partial charge >= 0.3 is 0 Å². The lowest BCUT2D eigenvalue weighted by Gasteiger charge is -2.08. The highest BCUT2D eigenvalue weighted by Gasteiger charge is 2.14. The van der Waals surface area contributed by atoms with Crippen molar-refractivity contribution in [2.24, 2.45) is 0 Å². The highest BCUT2D eigenvalue weighted by Crippen LogP contribution is 2.19. The van der Waals surface area contributed by atoms with Gasteiger partial charge in [-0.15, -0.1) is 0 Å². The smallest absolute Gasteiger partial charge is 0.240 e. The molecule has 3 N–H and O–H groups in total. The lowest BCUT2D eigenvalue weighted by Crippen LogP contribution is -2.23. The van der Waals surface area contributed by atoms with Crippen molar-refractivity contribution < 1.29 is 8.42 Å². The Morgan fingerprint density at radius 1 is 1.19 bits per heavy atom. The molecule has 2 aromatic rings. The van der Waals surface area contributed by atoms with E-state index in [0.29, 0.717) is 21.8 Å². The van der Waals surface area contributed by atoms with E-state index in [1.165, 1.54) is 24.3 Å². The average Bonchev–Trinajstić information content (AvgIpc) is 2.46. The molecule has 0 amide bonds. The number of hydrogen-bond acceptors (Lipinski definition) is 4. The number of hydrogen-bond donors (Lipinski definition) is 2. The summed E-state index contributed by atoms with van der Waals surface area (Å²) in [6.45, 7) is 0.0570. The van der Waals surface area contributed by atoms with Gasteiger partial charge in [0, 0.05) is 17.3 Å². The first kappa shape index (κ1) is 15.3. The molecule has 0 heterocycles. The molecule has 7 heteroatoms. The number of benzene rings is 2. The number of nitrogens with two attached hydrogens (primary N) is 1. The summed E-state index contributed by atoms with van der Waals surface area (Å²) in [5.74, 6) is 0. The SMILES string of the molecule is N#Cc1ccc(S(=O)(=O)NCc2ccc(N)cc2Cl)cc1. The lowest BCUT2D eigenvalue weighted by atomic mass is 10.2.